The number of fused-ring (bicyclic) bond motifs is 4. The molecule has 2 aromatic carbocycles. The lowest BCUT2D eigenvalue weighted by molar-refractivity contribution is -0.138. The molecule has 0 saturated heterocycles. The Balaban J connectivity index is 2.04. The first-order chi connectivity index (χ1) is 14.9. The van der Waals surface area contributed by atoms with E-state index in [2.05, 4.69) is 6.58 Å². The van der Waals surface area contributed by atoms with Crippen molar-refractivity contribution in [2.45, 2.75) is 19.9 Å². The van der Waals surface area contributed by atoms with Gasteiger partial charge in [-0.25, -0.2) is 4.79 Å². The summed E-state index contributed by atoms with van der Waals surface area (Å²) >= 11 is 0. The normalized spacial score (nSPS) is 13.2. The van der Waals surface area contributed by atoms with Crippen molar-refractivity contribution in [3.8, 4) is 5.75 Å². The van der Waals surface area contributed by atoms with Gasteiger partial charge in [0, 0.05) is 23.4 Å². The van der Waals surface area contributed by atoms with Gasteiger partial charge in [-0.1, -0.05) is 36.4 Å². The SMILES string of the molecule is C=CCc1c2cc3c(c(N)c(C)n3Cc3ccccc3)c1OC(C(=O)OC)=C(O)C2=O. The van der Waals surface area contributed by atoms with Crippen molar-refractivity contribution in [2.75, 3.05) is 12.8 Å². The highest BCUT2D eigenvalue weighted by Gasteiger charge is 2.34. The molecule has 158 valence electrons. The van der Waals surface area contributed by atoms with Crippen molar-refractivity contribution in [3.05, 3.63) is 83.0 Å². The summed E-state index contributed by atoms with van der Waals surface area (Å²) in [5, 5.41) is 11.0. The molecule has 1 aromatic heterocycles. The van der Waals surface area contributed by atoms with Crippen LogP contribution in [0.2, 0.25) is 0 Å². The Kier molecular flexibility index (Phi) is 5.02. The lowest BCUT2D eigenvalue weighted by Gasteiger charge is -2.14. The van der Waals surface area contributed by atoms with E-state index in [1.165, 1.54) is 0 Å². The molecule has 2 heterocycles. The smallest absolute Gasteiger partial charge is 0.378 e. The quantitative estimate of drug-likeness (QED) is 0.482. The number of methoxy groups -OCH3 is 1. The molecule has 4 rings (SSSR count). The number of hydrogen-bond acceptors (Lipinski definition) is 6. The minimum Gasteiger partial charge on any atom is -0.501 e. The lowest BCUT2D eigenvalue weighted by Crippen LogP contribution is -2.16. The summed E-state index contributed by atoms with van der Waals surface area (Å²) in [6.07, 6.45) is 1.91. The second kappa shape index (κ2) is 7.68. The van der Waals surface area contributed by atoms with Crippen LogP contribution < -0.4 is 10.5 Å². The Bertz CT molecular complexity index is 1270. The summed E-state index contributed by atoms with van der Waals surface area (Å²) in [5.74, 6) is -2.79. The summed E-state index contributed by atoms with van der Waals surface area (Å²) in [4.78, 5) is 25.3. The van der Waals surface area contributed by atoms with E-state index in [1.807, 2.05) is 41.8 Å². The number of ketones is 1. The number of Topliss-reactive ketones (excluding diaryl/α,β-unsaturated/α-hetero) is 1. The van der Waals surface area contributed by atoms with E-state index >= 15 is 0 Å². The van der Waals surface area contributed by atoms with Gasteiger partial charge in [0.2, 0.25) is 11.5 Å². The van der Waals surface area contributed by atoms with Crippen LogP contribution in [0.5, 0.6) is 5.75 Å². The third kappa shape index (κ3) is 3.15. The Morgan fingerprint density at radius 1 is 1.32 bits per heavy atom. The maximum Gasteiger partial charge on any atom is 0.378 e. The molecule has 31 heavy (non-hydrogen) atoms. The van der Waals surface area contributed by atoms with Crippen molar-refractivity contribution >= 4 is 28.3 Å². The summed E-state index contributed by atoms with van der Waals surface area (Å²) in [6, 6.07) is 11.5. The Hall–Kier alpha value is -4.00. The summed E-state index contributed by atoms with van der Waals surface area (Å²) in [5.41, 5.74) is 10.2. The van der Waals surface area contributed by atoms with Crippen LogP contribution in [0, 0.1) is 6.92 Å². The molecule has 1 aliphatic heterocycles. The Labute approximate surface area is 179 Å². The molecule has 0 spiro atoms. The highest BCUT2D eigenvalue weighted by atomic mass is 16.6. The first-order valence-electron chi connectivity index (χ1n) is 9.72. The number of hydrogen-bond donors (Lipinski definition) is 2. The zero-order chi connectivity index (χ0) is 22.3. The molecule has 0 aliphatic carbocycles. The third-order valence-corrected chi connectivity index (χ3v) is 5.50. The molecular weight excluding hydrogens is 396 g/mol. The first kappa shape index (κ1) is 20.3. The molecule has 0 saturated carbocycles. The molecule has 1 aliphatic rings. The van der Waals surface area contributed by atoms with E-state index in [1.54, 1.807) is 12.1 Å². The molecule has 0 amide bonds. The fourth-order valence-corrected chi connectivity index (χ4v) is 3.91. The number of rotatable bonds is 5. The van der Waals surface area contributed by atoms with Crippen LogP contribution in [0.4, 0.5) is 5.69 Å². The minimum absolute atomic E-state index is 0.227. The largest absolute Gasteiger partial charge is 0.501 e. The number of nitrogens with two attached hydrogens (primary N) is 1. The zero-order valence-corrected chi connectivity index (χ0v) is 17.3. The fourth-order valence-electron chi connectivity index (χ4n) is 3.91. The number of anilines is 1. The van der Waals surface area contributed by atoms with Crippen molar-refractivity contribution in [3.63, 3.8) is 0 Å². The van der Waals surface area contributed by atoms with Gasteiger partial charge in [-0.2, -0.15) is 0 Å². The molecule has 0 atom stereocenters. The van der Waals surface area contributed by atoms with E-state index in [9.17, 15) is 14.7 Å². The Morgan fingerprint density at radius 2 is 2.03 bits per heavy atom. The maximum atomic E-state index is 13.1. The third-order valence-electron chi connectivity index (χ3n) is 5.50. The highest BCUT2D eigenvalue weighted by Crippen LogP contribution is 2.43. The van der Waals surface area contributed by atoms with E-state index in [0.29, 0.717) is 28.7 Å². The number of ether oxygens (including phenoxy) is 2. The number of allylic oxidation sites excluding steroid dienone is 2. The molecule has 0 radical (unpaired) electrons. The van der Waals surface area contributed by atoms with Crippen LogP contribution in [0.25, 0.3) is 10.9 Å². The van der Waals surface area contributed by atoms with Gasteiger partial charge < -0.3 is 24.9 Å². The van der Waals surface area contributed by atoms with Crippen molar-refractivity contribution in [2.24, 2.45) is 0 Å². The first-order valence-corrected chi connectivity index (χ1v) is 9.72. The fraction of sp³-hybridized carbons (Fsp3) is 0.167. The predicted octanol–water partition coefficient (Wildman–Crippen LogP) is 3.83. The highest BCUT2D eigenvalue weighted by molar-refractivity contribution is 6.16. The number of esters is 1. The molecule has 7 heteroatoms. The average molecular weight is 418 g/mol. The van der Waals surface area contributed by atoms with Gasteiger partial charge in [-0.15, -0.1) is 6.58 Å². The van der Waals surface area contributed by atoms with Crippen molar-refractivity contribution in [1.82, 2.24) is 4.57 Å². The van der Waals surface area contributed by atoms with Gasteiger partial charge >= 0.3 is 5.97 Å². The summed E-state index contributed by atoms with van der Waals surface area (Å²) in [7, 11) is 1.14. The van der Waals surface area contributed by atoms with Gasteiger partial charge in [-0.3, -0.25) is 4.79 Å². The van der Waals surface area contributed by atoms with E-state index in [-0.39, 0.29) is 17.7 Å². The number of aliphatic hydroxyl groups excluding tert-OH is 1. The lowest BCUT2D eigenvalue weighted by atomic mass is 9.96. The molecule has 0 fully saturated rings. The molecule has 3 N–H and O–H groups in total. The van der Waals surface area contributed by atoms with E-state index in [0.717, 1.165) is 18.4 Å². The van der Waals surface area contributed by atoms with Crippen LogP contribution in [-0.2, 0) is 22.5 Å². The maximum absolute atomic E-state index is 13.1. The topological polar surface area (TPSA) is 104 Å². The van der Waals surface area contributed by atoms with Crippen LogP contribution >= 0.6 is 0 Å². The number of nitrogens with zero attached hydrogens (tertiary/aromatic N) is 1. The van der Waals surface area contributed by atoms with Crippen molar-refractivity contribution in [1.29, 1.82) is 0 Å². The van der Waals surface area contributed by atoms with Crippen LogP contribution in [-0.4, -0.2) is 28.5 Å². The zero-order valence-electron chi connectivity index (χ0n) is 17.3. The van der Waals surface area contributed by atoms with Gasteiger partial charge in [-0.05, 0) is 25.0 Å². The second-order valence-electron chi connectivity index (χ2n) is 7.29. The second-order valence-corrected chi connectivity index (χ2v) is 7.29. The van der Waals surface area contributed by atoms with Crippen LogP contribution in [0.15, 0.2) is 60.6 Å². The molecule has 0 unspecified atom stereocenters. The molecule has 3 aromatic rings. The number of carbonyl (C=O) groups is 2. The molecule has 2 bridgehead atoms. The van der Waals surface area contributed by atoms with Crippen LogP contribution in [0.3, 0.4) is 0 Å². The number of aromatic nitrogens is 1. The summed E-state index contributed by atoms with van der Waals surface area (Å²) < 4.78 is 12.5. The average Bonchev–Trinajstić information content (AvgIpc) is 2.98. The number of benzene rings is 2. The Morgan fingerprint density at radius 3 is 2.68 bits per heavy atom. The van der Waals surface area contributed by atoms with E-state index in [4.69, 9.17) is 15.2 Å². The van der Waals surface area contributed by atoms with Gasteiger partial charge in [0.05, 0.1) is 23.7 Å². The van der Waals surface area contributed by atoms with Gasteiger partial charge in [0.1, 0.15) is 5.75 Å². The number of aliphatic hydroxyl groups is 1. The number of nitrogen functional groups attached to an aromatic ring is 1. The van der Waals surface area contributed by atoms with E-state index < -0.39 is 23.3 Å². The minimum atomic E-state index is -0.954. The van der Waals surface area contributed by atoms with Crippen molar-refractivity contribution < 1.29 is 24.2 Å². The molecule has 7 nitrogen and oxygen atoms in total. The number of carbonyl (C=O) groups excluding carboxylic acids is 2. The van der Waals surface area contributed by atoms with Gasteiger partial charge in [0.25, 0.3) is 5.76 Å². The molecular formula is C24H22N2O5. The standard InChI is InChI=1S/C24H22N2O5/c1-4-8-15-16-11-17-18(22(15)31-23(24(29)30-3)21(28)20(16)27)19(25)13(2)26(17)12-14-9-6-5-7-10-14/h4-7,9-11,28H,1,8,12,25H2,2-3H3. The summed E-state index contributed by atoms with van der Waals surface area (Å²) in [6.45, 7) is 6.16. The van der Waals surface area contributed by atoms with Gasteiger partial charge in [0.15, 0.2) is 0 Å². The van der Waals surface area contributed by atoms with Crippen LogP contribution in [0.1, 0.15) is 27.2 Å². The predicted molar refractivity (Wildman–Crippen MR) is 117 cm³/mol. The monoisotopic (exact) mass is 418 g/mol.